The summed E-state index contributed by atoms with van der Waals surface area (Å²) >= 11 is 0. The van der Waals surface area contributed by atoms with E-state index in [9.17, 15) is 0 Å². The molecule has 2 heteroatoms. The molecule has 17 aromatic rings. The molecule has 0 fully saturated rings. The maximum atomic E-state index is 2.60. The van der Waals surface area contributed by atoms with Crippen molar-refractivity contribution in [1.29, 1.82) is 0 Å². The molecule has 0 spiro atoms. The zero-order valence-corrected chi connectivity index (χ0v) is 91.1. The normalized spacial score (nSPS) is 16.0. The van der Waals surface area contributed by atoms with Gasteiger partial charge in [-0.05, 0) is 358 Å². The van der Waals surface area contributed by atoms with Crippen LogP contribution in [0.15, 0.2) is 334 Å². The van der Waals surface area contributed by atoms with E-state index in [2.05, 4.69) is 544 Å². The first-order valence-electron chi connectivity index (χ1n) is 53.2. The zero-order valence-electron chi connectivity index (χ0n) is 91.1. The van der Waals surface area contributed by atoms with Crippen molar-refractivity contribution in [3.05, 3.63) is 439 Å². The molecule has 0 N–H and O–H groups in total. The van der Waals surface area contributed by atoms with Crippen LogP contribution in [0.2, 0.25) is 0 Å². The van der Waals surface area contributed by atoms with Crippen LogP contribution in [-0.4, -0.2) is 0 Å². The summed E-state index contributed by atoms with van der Waals surface area (Å²) < 4.78 is 0. The van der Waals surface area contributed by atoms with E-state index >= 15 is 0 Å². The first-order chi connectivity index (χ1) is 68.3. The lowest BCUT2D eigenvalue weighted by Crippen LogP contribution is -2.20. The third kappa shape index (κ3) is 14.8. The Morgan fingerprint density at radius 1 is 0.138 bits per heavy atom. The van der Waals surface area contributed by atoms with Crippen LogP contribution < -0.4 is 9.80 Å². The number of benzene rings is 17. The summed E-state index contributed by atoms with van der Waals surface area (Å²) in [5.74, 6) is 0. The molecule has 0 aromatic heterocycles. The van der Waals surface area contributed by atoms with Crippen molar-refractivity contribution >= 4 is 34.1 Å². The van der Waals surface area contributed by atoms with E-state index in [0.717, 1.165) is 34.1 Å². The lowest BCUT2D eigenvalue weighted by atomic mass is 9.74. The van der Waals surface area contributed by atoms with Gasteiger partial charge in [0, 0.05) is 72.0 Å². The Hall–Kier alpha value is -13.7. The van der Waals surface area contributed by atoms with E-state index in [1.165, 1.54) is 228 Å². The SMILES string of the molecule is CC(C)(C)c1ccc2c(c1)C(C)(C)c1cc(-c3cc(-c4ccc5c(c4)C(C)(C)c4cc(C(C)(C)C)ccc4-5)cc(N(c4ccccc4)c4ccc5c(c4)C(C)(C)c4ccccc4-5)c3)ccc1-2.CC(C)(C)c1ccc2c(c1)C(C)(C)c1cc(-c3cc(N(c4ccc5c(c4)C(C)(C)c4ccccc4-5)c4ccc5c(c4)C(C)(C)c4ccccc4-5)cc(-c4ccc5c(c4)C(C)(C)c4cc(C(C)(C)C)ccc4-5)c3C(C)(C)C)ccc1-2. The lowest BCUT2D eigenvalue weighted by molar-refractivity contribution is 0.584. The molecular weight excluding hydrogens is 1750 g/mol. The Morgan fingerprint density at radius 2 is 0.352 bits per heavy atom. The van der Waals surface area contributed by atoms with Gasteiger partial charge in [0.25, 0.3) is 0 Å². The van der Waals surface area contributed by atoms with Crippen LogP contribution in [-0.2, 0) is 65.0 Å². The van der Waals surface area contributed by atoms with Gasteiger partial charge >= 0.3 is 0 Å². The Kier molecular flexibility index (Phi) is 21.1. The molecule has 17 aromatic carbocycles. The standard InChI is InChI=1S/C78H79N.C65H63N/c1-72(2,3)48-28-34-57-55-32-26-46(38-65(55)77(14,15)67(57)40-48)61-42-52(43-62(71(61)74(7,8)9)47-27-33-56-58-35-29-49(73(4,5)6)41-68(58)78(16,17)66(56)39-47)79(50-30-36-59-53-22-18-20-24-63(53)75(10,11)69(59)44-50)51-31-37-60-54-23-19-21-25-64(54)76(12,13)70(60)45-51;1-61(2,3)44-24-29-52-50-27-22-40(35-56(50)64(9,10)58(52)37-44)42-32-43(41-23-28-51-53-30-25-45(62(4,5)6)38-59(53)65(11,12)57(51)36-41)34-48(33-42)66(46-18-14-13-15-19-46)47-26-31-54-49-20-16-17-21-55(49)63(7,8)60(54)39-47/h18-45H,1-17H3;13-39H,1-12H3. The summed E-state index contributed by atoms with van der Waals surface area (Å²) in [6.07, 6.45) is 0. The molecular formula is C143H142N2. The highest BCUT2D eigenvalue weighted by atomic mass is 15.1. The van der Waals surface area contributed by atoms with Crippen LogP contribution >= 0.6 is 0 Å². The predicted octanol–water partition coefficient (Wildman–Crippen LogP) is 39.6. The van der Waals surface area contributed by atoms with Crippen molar-refractivity contribution in [1.82, 2.24) is 0 Å². The molecule has 145 heavy (non-hydrogen) atoms. The predicted molar refractivity (Wildman–Crippen MR) is 620 cm³/mol. The Bertz CT molecular complexity index is 7920. The second kappa shape index (κ2) is 32.2. The first-order valence-corrected chi connectivity index (χ1v) is 53.2. The van der Waals surface area contributed by atoms with E-state index in [4.69, 9.17) is 0 Å². The molecule has 24 rings (SSSR count). The van der Waals surface area contributed by atoms with Gasteiger partial charge in [0.05, 0.1) is 0 Å². The largest absolute Gasteiger partial charge is 0.310 e. The molecule has 0 bridgehead atoms. The fourth-order valence-corrected chi connectivity index (χ4v) is 26.6. The van der Waals surface area contributed by atoms with Crippen LogP contribution in [0.3, 0.4) is 0 Å². The van der Waals surface area contributed by atoms with Crippen LogP contribution in [0.4, 0.5) is 34.1 Å². The Labute approximate surface area is 865 Å². The average Bonchev–Trinajstić information content (AvgIpc) is 1.61. The van der Waals surface area contributed by atoms with E-state index in [-0.39, 0.29) is 65.0 Å². The van der Waals surface area contributed by atoms with Crippen molar-refractivity contribution < 1.29 is 0 Å². The van der Waals surface area contributed by atoms with Crippen LogP contribution in [0.25, 0.3) is 122 Å². The maximum absolute atomic E-state index is 2.60. The average molecular weight is 1890 g/mol. The molecule has 0 saturated heterocycles. The minimum atomic E-state index is -0.237. The summed E-state index contributed by atoms with van der Waals surface area (Å²) in [5.41, 5.74) is 60.9. The number of nitrogens with zero attached hydrogens (tertiary/aromatic N) is 2. The van der Waals surface area contributed by atoms with E-state index in [0.29, 0.717) is 0 Å². The van der Waals surface area contributed by atoms with Gasteiger partial charge < -0.3 is 9.80 Å². The van der Waals surface area contributed by atoms with E-state index < -0.39 is 0 Å². The van der Waals surface area contributed by atoms with Gasteiger partial charge in [-0.3, -0.25) is 0 Å². The molecule has 0 saturated carbocycles. The summed E-state index contributed by atoms with van der Waals surface area (Å²) in [5, 5.41) is 0. The summed E-state index contributed by atoms with van der Waals surface area (Å²) in [6, 6.07) is 130. The Balaban J connectivity index is 0.000000163. The third-order valence-corrected chi connectivity index (χ3v) is 35.3. The van der Waals surface area contributed by atoms with Crippen molar-refractivity contribution in [2.75, 3.05) is 9.80 Å². The van der Waals surface area contributed by atoms with Crippen LogP contribution in [0.5, 0.6) is 0 Å². The zero-order chi connectivity index (χ0) is 102. The van der Waals surface area contributed by atoms with E-state index in [1.54, 1.807) is 0 Å². The summed E-state index contributed by atoms with van der Waals surface area (Å²) in [6.45, 7) is 69.0. The molecule has 724 valence electrons. The molecule has 0 radical (unpaired) electrons. The van der Waals surface area contributed by atoms with Gasteiger partial charge in [-0.2, -0.15) is 0 Å². The molecule has 0 unspecified atom stereocenters. The van der Waals surface area contributed by atoms with Crippen LogP contribution in [0.1, 0.15) is 306 Å². The number of fused-ring (bicyclic) bond motifs is 21. The molecule has 7 aliphatic carbocycles. The molecule has 0 heterocycles. The van der Waals surface area contributed by atoms with Crippen molar-refractivity contribution in [2.45, 2.75) is 266 Å². The van der Waals surface area contributed by atoms with Crippen LogP contribution in [0, 0.1) is 0 Å². The highest BCUT2D eigenvalue weighted by Gasteiger charge is 2.46. The second-order valence-corrected chi connectivity index (χ2v) is 52.2. The second-order valence-electron chi connectivity index (χ2n) is 52.2. The number of hydrogen-bond acceptors (Lipinski definition) is 2. The lowest BCUT2D eigenvalue weighted by Gasteiger charge is -2.33. The molecule has 0 aliphatic heterocycles. The van der Waals surface area contributed by atoms with Gasteiger partial charge in [-0.1, -0.05) is 431 Å². The topological polar surface area (TPSA) is 6.48 Å². The van der Waals surface area contributed by atoms with Gasteiger partial charge in [0.2, 0.25) is 0 Å². The number of para-hydroxylation sites is 1. The first kappa shape index (κ1) is 94.9. The minimum Gasteiger partial charge on any atom is -0.310 e. The molecule has 2 nitrogen and oxygen atoms in total. The fraction of sp³-hybridized carbons (Fsp3) is 0.287. The minimum absolute atomic E-state index is 0.0530. The maximum Gasteiger partial charge on any atom is 0.0474 e. The highest BCUT2D eigenvalue weighted by Crippen LogP contribution is 2.62. The number of rotatable bonds is 10. The third-order valence-electron chi connectivity index (χ3n) is 35.3. The van der Waals surface area contributed by atoms with Gasteiger partial charge in [0.1, 0.15) is 0 Å². The highest BCUT2D eigenvalue weighted by molar-refractivity contribution is 5.98. The molecule has 7 aliphatic rings. The smallest absolute Gasteiger partial charge is 0.0474 e. The van der Waals surface area contributed by atoms with Crippen molar-refractivity contribution in [2.24, 2.45) is 0 Å². The number of hydrogen-bond donors (Lipinski definition) is 0. The Morgan fingerprint density at radius 3 is 0.634 bits per heavy atom. The molecule has 0 amide bonds. The number of anilines is 6. The summed E-state index contributed by atoms with van der Waals surface area (Å²) in [7, 11) is 0. The quantitative estimate of drug-likeness (QED) is 0.135. The van der Waals surface area contributed by atoms with Gasteiger partial charge in [-0.25, -0.2) is 0 Å². The molecule has 0 atom stereocenters. The monoisotopic (exact) mass is 1890 g/mol. The van der Waals surface area contributed by atoms with Crippen molar-refractivity contribution in [3.8, 4) is 122 Å². The van der Waals surface area contributed by atoms with Gasteiger partial charge in [0.15, 0.2) is 0 Å². The van der Waals surface area contributed by atoms with Crippen molar-refractivity contribution in [3.63, 3.8) is 0 Å². The summed E-state index contributed by atoms with van der Waals surface area (Å²) in [4.78, 5) is 5.08. The van der Waals surface area contributed by atoms with Gasteiger partial charge in [-0.15, -0.1) is 0 Å². The van der Waals surface area contributed by atoms with E-state index in [1.807, 2.05) is 0 Å². The fourth-order valence-electron chi connectivity index (χ4n) is 26.6.